The molecule has 17 heavy (non-hydrogen) atoms. The van der Waals surface area contributed by atoms with Crippen molar-refractivity contribution < 1.29 is 0 Å². The van der Waals surface area contributed by atoms with Crippen molar-refractivity contribution in [3.63, 3.8) is 0 Å². The summed E-state index contributed by atoms with van der Waals surface area (Å²) in [4.78, 5) is 0. The molecule has 0 spiro atoms. The highest BCUT2D eigenvalue weighted by Crippen LogP contribution is 2.33. The molecule has 0 amide bonds. The lowest BCUT2D eigenvalue weighted by Gasteiger charge is -2.26. The van der Waals surface area contributed by atoms with Crippen molar-refractivity contribution in [2.75, 3.05) is 13.1 Å². The second-order valence-corrected chi connectivity index (χ2v) is 4.81. The standard InChI is InChI=1S/C11H10Cl2N4/c12-8-2-1-3-9(13)11(8)10-6-17(16-15-10)7-4-14-5-7/h1-3,6-7,14H,4-5H2. The molecule has 1 N–H and O–H groups in total. The summed E-state index contributed by atoms with van der Waals surface area (Å²) in [5.74, 6) is 0. The number of aromatic nitrogens is 3. The molecule has 1 aromatic carbocycles. The lowest BCUT2D eigenvalue weighted by molar-refractivity contribution is 0.313. The molecule has 1 saturated heterocycles. The third kappa shape index (κ3) is 1.92. The number of halogens is 2. The predicted molar refractivity (Wildman–Crippen MR) is 67.4 cm³/mol. The minimum absolute atomic E-state index is 0.387. The average molecular weight is 269 g/mol. The first kappa shape index (κ1) is 11.0. The van der Waals surface area contributed by atoms with Crippen LogP contribution in [0.5, 0.6) is 0 Å². The Labute approximate surface area is 109 Å². The summed E-state index contributed by atoms with van der Waals surface area (Å²) in [6.45, 7) is 1.86. The van der Waals surface area contributed by atoms with E-state index in [0.717, 1.165) is 18.7 Å². The molecule has 0 unspecified atom stereocenters. The van der Waals surface area contributed by atoms with Crippen LogP contribution in [-0.2, 0) is 0 Å². The molecule has 2 aromatic rings. The molecular formula is C11H10Cl2N4. The Morgan fingerprint density at radius 1 is 1.24 bits per heavy atom. The molecular weight excluding hydrogens is 259 g/mol. The van der Waals surface area contributed by atoms with Gasteiger partial charge in [-0.3, -0.25) is 0 Å². The summed E-state index contributed by atoms with van der Waals surface area (Å²) in [6.07, 6.45) is 1.89. The van der Waals surface area contributed by atoms with Crippen molar-refractivity contribution in [3.8, 4) is 11.3 Å². The zero-order chi connectivity index (χ0) is 11.8. The maximum atomic E-state index is 6.13. The fourth-order valence-corrected chi connectivity index (χ4v) is 2.36. The van der Waals surface area contributed by atoms with Gasteiger partial charge in [-0.2, -0.15) is 0 Å². The zero-order valence-electron chi connectivity index (χ0n) is 8.90. The molecule has 3 rings (SSSR count). The van der Waals surface area contributed by atoms with E-state index in [1.165, 1.54) is 0 Å². The fourth-order valence-electron chi connectivity index (χ4n) is 1.77. The molecule has 0 radical (unpaired) electrons. The van der Waals surface area contributed by atoms with Gasteiger partial charge in [-0.25, -0.2) is 4.68 Å². The van der Waals surface area contributed by atoms with Crippen molar-refractivity contribution >= 4 is 23.2 Å². The van der Waals surface area contributed by atoms with Gasteiger partial charge in [0.15, 0.2) is 0 Å². The second-order valence-electron chi connectivity index (χ2n) is 3.99. The van der Waals surface area contributed by atoms with Gasteiger partial charge in [0.2, 0.25) is 0 Å². The molecule has 1 aliphatic heterocycles. The number of nitrogens with one attached hydrogen (secondary N) is 1. The van der Waals surface area contributed by atoms with Crippen LogP contribution in [-0.4, -0.2) is 28.1 Å². The van der Waals surface area contributed by atoms with Crippen LogP contribution in [0.15, 0.2) is 24.4 Å². The Hall–Kier alpha value is -1.10. The number of hydrogen-bond acceptors (Lipinski definition) is 3. The summed E-state index contributed by atoms with van der Waals surface area (Å²) in [7, 11) is 0. The quantitative estimate of drug-likeness (QED) is 0.910. The number of benzene rings is 1. The van der Waals surface area contributed by atoms with Gasteiger partial charge < -0.3 is 5.32 Å². The fraction of sp³-hybridized carbons (Fsp3) is 0.273. The van der Waals surface area contributed by atoms with E-state index in [4.69, 9.17) is 23.2 Å². The minimum atomic E-state index is 0.387. The number of hydrogen-bond donors (Lipinski definition) is 1. The van der Waals surface area contributed by atoms with E-state index < -0.39 is 0 Å². The van der Waals surface area contributed by atoms with Crippen LogP contribution in [0.25, 0.3) is 11.3 Å². The molecule has 2 heterocycles. The van der Waals surface area contributed by atoms with Crippen LogP contribution in [0, 0.1) is 0 Å². The van der Waals surface area contributed by atoms with E-state index in [0.29, 0.717) is 21.8 Å². The number of rotatable bonds is 2. The van der Waals surface area contributed by atoms with Crippen LogP contribution in [0.2, 0.25) is 10.0 Å². The molecule has 6 heteroatoms. The largest absolute Gasteiger partial charge is 0.312 e. The van der Waals surface area contributed by atoms with Crippen LogP contribution in [0.3, 0.4) is 0 Å². The highest BCUT2D eigenvalue weighted by molar-refractivity contribution is 6.39. The third-order valence-corrected chi connectivity index (χ3v) is 3.49. The van der Waals surface area contributed by atoms with Gasteiger partial charge in [0.25, 0.3) is 0 Å². The smallest absolute Gasteiger partial charge is 0.116 e. The summed E-state index contributed by atoms with van der Waals surface area (Å²) >= 11 is 12.3. The molecule has 0 atom stereocenters. The van der Waals surface area contributed by atoms with E-state index >= 15 is 0 Å². The van der Waals surface area contributed by atoms with Crippen molar-refractivity contribution in [2.24, 2.45) is 0 Å². The zero-order valence-corrected chi connectivity index (χ0v) is 10.4. The molecule has 0 aliphatic carbocycles. The summed E-state index contributed by atoms with van der Waals surface area (Å²) in [6, 6.07) is 5.80. The van der Waals surface area contributed by atoms with Crippen LogP contribution in [0.1, 0.15) is 6.04 Å². The Balaban J connectivity index is 2.00. The molecule has 0 bridgehead atoms. The molecule has 1 aliphatic rings. The van der Waals surface area contributed by atoms with E-state index in [9.17, 15) is 0 Å². The Morgan fingerprint density at radius 3 is 2.53 bits per heavy atom. The summed E-state index contributed by atoms with van der Waals surface area (Å²) in [5.41, 5.74) is 1.46. The van der Waals surface area contributed by atoms with Gasteiger partial charge in [0.05, 0.1) is 22.3 Å². The SMILES string of the molecule is Clc1cccc(Cl)c1-c1cn(C2CNC2)nn1. The third-order valence-electron chi connectivity index (χ3n) is 2.86. The summed E-state index contributed by atoms with van der Waals surface area (Å²) < 4.78 is 1.85. The van der Waals surface area contributed by atoms with Crippen molar-refractivity contribution in [2.45, 2.75) is 6.04 Å². The minimum Gasteiger partial charge on any atom is -0.312 e. The highest BCUT2D eigenvalue weighted by atomic mass is 35.5. The monoisotopic (exact) mass is 268 g/mol. The van der Waals surface area contributed by atoms with Crippen molar-refractivity contribution in [1.82, 2.24) is 20.3 Å². The molecule has 1 aromatic heterocycles. The second kappa shape index (κ2) is 4.29. The summed E-state index contributed by atoms with van der Waals surface area (Å²) in [5, 5.41) is 12.6. The Morgan fingerprint density at radius 2 is 1.94 bits per heavy atom. The van der Waals surface area contributed by atoms with E-state index in [1.807, 2.05) is 16.9 Å². The molecule has 0 saturated carbocycles. The van der Waals surface area contributed by atoms with Gasteiger partial charge in [-0.05, 0) is 12.1 Å². The van der Waals surface area contributed by atoms with Crippen LogP contribution >= 0.6 is 23.2 Å². The lowest BCUT2D eigenvalue weighted by atomic mass is 10.1. The molecule has 4 nitrogen and oxygen atoms in total. The van der Waals surface area contributed by atoms with Crippen LogP contribution in [0.4, 0.5) is 0 Å². The highest BCUT2D eigenvalue weighted by Gasteiger charge is 2.21. The maximum Gasteiger partial charge on any atom is 0.116 e. The molecule has 1 fully saturated rings. The van der Waals surface area contributed by atoms with Gasteiger partial charge in [-0.1, -0.05) is 34.5 Å². The van der Waals surface area contributed by atoms with E-state index in [2.05, 4.69) is 15.6 Å². The van der Waals surface area contributed by atoms with Gasteiger partial charge in [0.1, 0.15) is 5.69 Å². The normalized spacial score (nSPS) is 15.9. The Bertz CT molecular complexity index is 528. The predicted octanol–water partition coefficient (Wildman–Crippen LogP) is 2.40. The first-order valence-corrected chi connectivity index (χ1v) is 6.08. The average Bonchev–Trinajstić information content (AvgIpc) is 2.64. The van der Waals surface area contributed by atoms with Gasteiger partial charge in [-0.15, -0.1) is 5.10 Å². The van der Waals surface area contributed by atoms with Gasteiger partial charge >= 0.3 is 0 Å². The first-order valence-electron chi connectivity index (χ1n) is 5.32. The van der Waals surface area contributed by atoms with Gasteiger partial charge in [0, 0.05) is 18.7 Å². The first-order chi connectivity index (χ1) is 8.25. The lowest BCUT2D eigenvalue weighted by Crippen LogP contribution is -2.43. The maximum absolute atomic E-state index is 6.13. The van der Waals surface area contributed by atoms with Crippen molar-refractivity contribution in [3.05, 3.63) is 34.4 Å². The topological polar surface area (TPSA) is 42.7 Å². The van der Waals surface area contributed by atoms with Crippen molar-refractivity contribution in [1.29, 1.82) is 0 Å². The Kier molecular flexibility index (Phi) is 2.78. The molecule has 88 valence electrons. The van der Waals surface area contributed by atoms with E-state index in [1.54, 1.807) is 12.1 Å². The van der Waals surface area contributed by atoms with Crippen LogP contribution < -0.4 is 5.32 Å². The number of nitrogens with zero attached hydrogens (tertiary/aromatic N) is 3. The van der Waals surface area contributed by atoms with E-state index in [-0.39, 0.29) is 0 Å².